The van der Waals surface area contributed by atoms with Gasteiger partial charge in [-0.2, -0.15) is 0 Å². The number of aryl methyl sites for hydroxylation is 2. The first-order valence-electron chi connectivity index (χ1n) is 5.72. The molecule has 7 heteroatoms. The Labute approximate surface area is 113 Å². The van der Waals surface area contributed by atoms with E-state index in [1.54, 1.807) is 11.3 Å². The first-order valence-corrected chi connectivity index (χ1v) is 8.42. The number of hydrogen-bond donors (Lipinski definition) is 2. The van der Waals surface area contributed by atoms with Gasteiger partial charge in [-0.15, -0.1) is 11.3 Å². The number of nitrogens with zero attached hydrogens (tertiary/aromatic N) is 1. The second-order valence-corrected chi connectivity index (χ2v) is 8.14. The van der Waals surface area contributed by atoms with Crippen molar-refractivity contribution in [2.75, 3.05) is 12.8 Å². The van der Waals surface area contributed by atoms with Crippen LogP contribution in [0.25, 0.3) is 0 Å². The highest BCUT2D eigenvalue weighted by Crippen LogP contribution is 2.16. The molecule has 1 aromatic heterocycles. The van der Waals surface area contributed by atoms with E-state index >= 15 is 0 Å². The second kappa shape index (κ2) is 5.64. The molecule has 0 amide bonds. The Hall–Kier alpha value is -0.500. The van der Waals surface area contributed by atoms with Gasteiger partial charge in [-0.3, -0.25) is 0 Å². The molecule has 0 spiro atoms. The number of thiazole rings is 1. The van der Waals surface area contributed by atoms with Crippen LogP contribution >= 0.6 is 11.3 Å². The van der Waals surface area contributed by atoms with E-state index in [1.165, 1.54) is 11.1 Å². The Bertz CT molecular complexity index is 506. The van der Waals surface area contributed by atoms with Gasteiger partial charge in [-0.05, 0) is 27.7 Å². The van der Waals surface area contributed by atoms with Crippen LogP contribution in [0, 0.1) is 13.8 Å². The predicted molar refractivity (Wildman–Crippen MR) is 75.4 cm³/mol. The van der Waals surface area contributed by atoms with E-state index in [4.69, 9.17) is 0 Å². The molecule has 104 valence electrons. The van der Waals surface area contributed by atoms with Gasteiger partial charge in [-0.25, -0.2) is 18.1 Å². The highest BCUT2D eigenvalue weighted by Gasteiger charge is 2.21. The summed E-state index contributed by atoms with van der Waals surface area (Å²) in [5, 5.41) is 4.32. The highest BCUT2D eigenvalue weighted by molar-refractivity contribution is 7.88. The van der Waals surface area contributed by atoms with Gasteiger partial charge >= 0.3 is 0 Å². The zero-order valence-electron chi connectivity index (χ0n) is 11.5. The smallest absolute Gasteiger partial charge is 0.209 e. The van der Waals surface area contributed by atoms with Crippen molar-refractivity contribution in [3.8, 4) is 0 Å². The Morgan fingerprint density at radius 2 is 1.94 bits per heavy atom. The number of sulfonamides is 1. The second-order valence-electron chi connectivity index (χ2n) is 5.10. The van der Waals surface area contributed by atoms with Gasteiger partial charge in [0.2, 0.25) is 10.0 Å². The molecule has 0 saturated carbocycles. The van der Waals surface area contributed by atoms with Crippen LogP contribution in [-0.4, -0.2) is 31.7 Å². The molecule has 0 atom stereocenters. The van der Waals surface area contributed by atoms with Crippen molar-refractivity contribution in [1.82, 2.24) is 15.0 Å². The van der Waals surface area contributed by atoms with Gasteiger partial charge < -0.3 is 5.32 Å². The minimum atomic E-state index is -3.18. The molecule has 0 aliphatic carbocycles. The molecule has 0 unspecified atom stereocenters. The maximum absolute atomic E-state index is 11.2. The van der Waals surface area contributed by atoms with Crippen LogP contribution in [-0.2, 0) is 16.6 Å². The van der Waals surface area contributed by atoms with E-state index in [2.05, 4.69) is 15.0 Å². The van der Waals surface area contributed by atoms with Gasteiger partial charge in [0, 0.05) is 23.5 Å². The van der Waals surface area contributed by atoms with Crippen molar-refractivity contribution in [2.24, 2.45) is 0 Å². The summed E-state index contributed by atoms with van der Waals surface area (Å²) in [6, 6.07) is 0. The summed E-state index contributed by atoms with van der Waals surface area (Å²) in [4.78, 5) is 5.55. The van der Waals surface area contributed by atoms with E-state index in [-0.39, 0.29) is 0 Å². The van der Waals surface area contributed by atoms with Crippen LogP contribution in [0.4, 0.5) is 0 Å². The van der Waals surface area contributed by atoms with Gasteiger partial charge in [0.1, 0.15) is 0 Å². The van der Waals surface area contributed by atoms with Crippen molar-refractivity contribution in [1.29, 1.82) is 0 Å². The normalized spacial score (nSPS) is 12.9. The number of nitrogens with one attached hydrogen (secondary N) is 2. The Kier molecular flexibility index (Phi) is 4.88. The monoisotopic (exact) mass is 291 g/mol. The SMILES string of the molecule is Cc1nc(C)c(CNCC(C)(C)NS(C)(=O)=O)s1. The molecule has 2 N–H and O–H groups in total. The summed E-state index contributed by atoms with van der Waals surface area (Å²) >= 11 is 1.67. The summed E-state index contributed by atoms with van der Waals surface area (Å²) in [6.45, 7) is 8.96. The third-order valence-corrected chi connectivity index (χ3v) is 4.31. The highest BCUT2D eigenvalue weighted by atomic mass is 32.2. The molecule has 0 fully saturated rings. The first-order chi connectivity index (χ1) is 8.09. The Morgan fingerprint density at radius 1 is 1.33 bits per heavy atom. The van der Waals surface area contributed by atoms with Crippen molar-refractivity contribution in [3.05, 3.63) is 15.6 Å². The summed E-state index contributed by atoms with van der Waals surface area (Å²) in [7, 11) is -3.18. The molecule has 0 aromatic carbocycles. The van der Waals surface area contributed by atoms with Crippen LogP contribution in [0.1, 0.15) is 29.4 Å². The van der Waals surface area contributed by atoms with E-state index in [9.17, 15) is 8.42 Å². The van der Waals surface area contributed by atoms with Crippen LogP contribution in [0.15, 0.2) is 0 Å². The molecular weight excluding hydrogens is 270 g/mol. The minimum absolute atomic E-state index is 0.499. The fourth-order valence-electron chi connectivity index (χ4n) is 1.76. The zero-order chi connectivity index (χ0) is 14.0. The predicted octanol–water partition coefficient (Wildman–Crippen LogP) is 1.18. The number of hydrogen-bond acceptors (Lipinski definition) is 5. The average molecular weight is 291 g/mol. The summed E-state index contributed by atoms with van der Waals surface area (Å²) in [6.07, 6.45) is 1.17. The van der Waals surface area contributed by atoms with Crippen LogP contribution < -0.4 is 10.0 Å². The lowest BCUT2D eigenvalue weighted by molar-refractivity contribution is 0.421. The molecule has 0 aliphatic rings. The third kappa shape index (κ3) is 5.43. The van der Waals surface area contributed by atoms with Crippen molar-refractivity contribution in [2.45, 2.75) is 39.8 Å². The van der Waals surface area contributed by atoms with Crippen molar-refractivity contribution in [3.63, 3.8) is 0 Å². The van der Waals surface area contributed by atoms with E-state index in [0.29, 0.717) is 13.1 Å². The number of rotatable bonds is 6. The molecule has 0 bridgehead atoms. The Morgan fingerprint density at radius 3 is 2.39 bits per heavy atom. The molecule has 0 radical (unpaired) electrons. The molecule has 0 aliphatic heterocycles. The van der Waals surface area contributed by atoms with Crippen LogP contribution in [0.2, 0.25) is 0 Å². The van der Waals surface area contributed by atoms with Crippen molar-refractivity contribution < 1.29 is 8.42 Å². The lowest BCUT2D eigenvalue weighted by Crippen LogP contribution is -2.49. The molecular formula is C11H21N3O2S2. The van der Waals surface area contributed by atoms with Gasteiger partial charge in [0.05, 0.1) is 17.0 Å². The topological polar surface area (TPSA) is 71.1 Å². The van der Waals surface area contributed by atoms with Crippen LogP contribution in [0.5, 0.6) is 0 Å². The van der Waals surface area contributed by atoms with Gasteiger partial charge in [0.15, 0.2) is 0 Å². The molecule has 0 saturated heterocycles. The average Bonchev–Trinajstić information content (AvgIpc) is 2.40. The largest absolute Gasteiger partial charge is 0.310 e. The van der Waals surface area contributed by atoms with E-state index in [0.717, 1.165) is 10.7 Å². The Balaban J connectivity index is 2.49. The van der Waals surface area contributed by atoms with Crippen LogP contribution in [0.3, 0.4) is 0 Å². The standard InChI is InChI=1S/C11H21N3O2S2/c1-8-10(17-9(2)13-8)6-12-7-11(3,4)14-18(5,15)16/h12,14H,6-7H2,1-5H3. The molecule has 18 heavy (non-hydrogen) atoms. The minimum Gasteiger partial charge on any atom is -0.310 e. The molecule has 1 rings (SSSR count). The third-order valence-electron chi connectivity index (χ3n) is 2.31. The summed E-state index contributed by atoms with van der Waals surface area (Å²) < 4.78 is 25.0. The lowest BCUT2D eigenvalue weighted by Gasteiger charge is -2.25. The molecule has 1 aromatic rings. The van der Waals surface area contributed by atoms with Gasteiger partial charge in [0.25, 0.3) is 0 Å². The molecule has 5 nitrogen and oxygen atoms in total. The van der Waals surface area contributed by atoms with E-state index in [1.807, 2.05) is 27.7 Å². The molecule has 1 heterocycles. The quantitative estimate of drug-likeness (QED) is 0.825. The summed E-state index contributed by atoms with van der Waals surface area (Å²) in [5.41, 5.74) is 0.542. The summed E-state index contributed by atoms with van der Waals surface area (Å²) in [5.74, 6) is 0. The zero-order valence-corrected chi connectivity index (χ0v) is 13.1. The number of aromatic nitrogens is 1. The van der Waals surface area contributed by atoms with Gasteiger partial charge in [-0.1, -0.05) is 0 Å². The fourth-order valence-corrected chi connectivity index (χ4v) is 3.75. The maximum Gasteiger partial charge on any atom is 0.209 e. The first kappa shape index (κ1) is 15.6. The lowest BCUT2D eigenvalue weighted by atomic mass is 10.1. The maximum atomic E-state index is 11.2. The van der Waals surface area contributed by atoms with Crippen molar-refractivity contribution >= 4 is 21.4 Å². The van der Waals surface area contributed by atoms with E-state index < -0.39 is 15.6 Å². The fraction of sp³-hybridized carbons (Fsp3) is 0.727.